The number of nitrogens with one attached hydrogen (secondary N) is 3. The van der Waals surface area contributed by atoms with Crippen molar-refractivity contribution < 1.29 is 19.7 Å². The van der Waals surface area contributed by atoms with Crippen molar-refractivity contribution in [1.29, 1.82) is 0 Å². The van der Waals surface area contributed by atoms with E-state index < -0.39 is 35.6 Å². The second-order valence-electron chi connectivity index (χ2n) is 11.6. The zero-order valence-electron chi connectivity index (χ0n) is 24.3. The molecular weight excluding hydrogens is 592 g/mol. The maximum atomic E-state index is 13.0. The van der Waals surface area contributed by atoms with E-state index in [1.807, 2.05) is 0 Å². The number of aliphatic hydroxyl groups is 2. The lowest BCUT2D eigenvalue weighted by atomic mass is 9.95. The molecule has 3 aromatic heterocycles. The quantitative estimate of drug-likeness (QED) is 0.158. The van der Waals surface area contributed by atoms with Crippen LogP contribution in [0.4, 0.5) is 23.3 Å². The molecule has 6 heterocycles. The lowest BCUT2D eigenvalue weighted by Gasteiger charge is -2.33. The van der Waals surface area contributed by atoms with Crippen LogP contribution < -0.4 is 27.7 Å². The molecule has 18 heteroatoms. The van der Waals surface area contributed by atoms with Gasteiger partial charge in [-0.2, -0.15) is 16.7 Å². The number of amides is 1. The van der Waals surface area contributed by atoms with E-state index in [-0.39, 0.29) is 34.9 Å². The largest absolute Gasteiger partial charge is 0.387 e. The van der Waals surface area contributed by atoms with E-state index in [1.54, 1.807) is 30.2 Å². The molecule has 2 saturated heterocycles. The number of rotatable bonds is 8. The monoisotopic (exact) mass is 628 g/mol. The molecule has 2 fully saturated rings. The number of nitrogens with zero attached hydrogens (tertiary/aromatic N) is 7. The van der Waals surface area contributed by atoms with Gasteiger partial charge in [0.1, 0.15) is 29.8 Å². The molecule has 0 spiro atoms. The number of ether oxygens (including phenoxy) is 1. The number of anilines is 3. The highest BCUT2D eigenvalue weighted by atomic mass is 32.2. The molecule has 0 unspecified atom stereocenters. The number of hydrogen-bond donors (Lipinski definition) is 7. The second-order valence-corrected chi connectivity index (χ2v) is 13.0. The summed E-state index contributed by atoms with van der Waals surface area (Å²) in [7, 11) is 0. The smallest absolute Gasteiger partial charge is 0.280 e. The number of nitrogens with two attached hydrogens (primary N) is 2. The third kappa shape index (κ3) is 5.82. The van der Waals surface area contributed by atoms with Gasteiger partial charge in [0.05, 0.1) is 18.0 Å². The standard InChI is InChI=1S/C26H36N12O5S/c1-26(2)18(33-15-20(36-26)34-25(28)35-22(15)41)23(42)29-5-8-37-6-3-12(4-7-37)44-9-13-16(39)17(40)24(43-13)38-11-32-14-19(27)30-10-31-21(14)38/h10-13,16-17,24,39-40H,3-9H2,1-2H3,(H,29,42)(H2,27,30,31)(H4,28,34,35,36,41)/t13-,16-,17-,24-/m1/s1. The number of aliphatic imine (C=N–C) groups is 1. The maximum absolute atomic E-state index is 13.0. The van der Waals surface area contributed by atoms with Crippen LogP contribution in [0, 0.1) is 0 Å². The predicted octanol–water partition coefficient (Wildman–Crippen LogP) is -1.02. The Balaban J connectivity index is 0.957. The topological polar surface area (TPSA) is 248 Å². The fourth-order valence-electron chi connectivity index (χ4n) is 5.71. The minimum atomic E-state index is -1.14. The number of aliphatic hydroxyl groups excluding tert-OH is 2. The molecule has 0 radical (unpaired) electrons. The van der Waals surface area contributed by atoms with E-state index in [2.05, 4.69) is 45.4 Å². The van der Waals surface area contributed by atoms with Crippen molar-refractivity contribution in [3.8, 4) is 0 Å². The average Bonchev–Trinajstić information content (AvgIpc) is 3.53. The van der Waals surface area contributed by atoms with E-state index in [9.17, 15) is 19.8 Å². The number of aromatic amines is 1. The number of nitrogen functional groups attached to an aromatic ring is 2. The predicted molar refractivity (Wildman–Crippen MR) is 165 cm³/mol. The number of aromatic nitrogens is 6. The number of carbonyl (C=O) groups is 1. The summed E-state index contributed by atoms with van der Waals surface area (Å²) in [5, 5.41) is 27.8. The summed E-state index contributed by atoms with van der Waals surface area (Å²) in [5.41, 5.74) is 11.2. The first-order valence-electron chi connectivity index (χ1n) is 14.4. The van der Waals surface area contributed by atoms with Crippen LogP contribution >= 0.6 is 11.8 Å². The molecule has 9 N–H and O–H groups in total. The Hall–Kier alpha value is -3.84. The Morgan fingerprint density at radius 2 is 1.98 bits per heavy atom. The summed E-state index contributed by atoms with van der Waals surface area (Å²) >= 11 is 1.72. The number of hydrogen-bond acceptors (Lipinski definition) is 15. The van der Waals surface area contributed by atoms with E-state index in [1.165, 1.54) is 12.7 Å². The molecule has 4 atom stereocenters. The molecule has 0 aromatic carbocycles. The molecule has 17 nitrogen and oxygen atoms in total. The molecular formula is C26H36N12O5S. The van der Waals surface area contributed by atoms with Crippen LogP contribution in [0.5, 0.6) is 0 Å². The Morgan fingerprint density at radius 3 is 2.75 bits per heavy atom. The van der Waals surface area contributed by atoms with Gasteiger partial charge in [0, 0.05) is 24.1 Å². The Labute approximate surface area is 255 Å². The number of likely N-dealkylation sites (tertiary alicyclic amines) is 1. The van der Waals surface area contributed by atoms with Crippen LogP contribution in [-0.2, 0) is 9.53 Å². The first-order chi connectivity index (χ1) is 21.0. The Morgan fingerprint density at radius 1 is 1.20 bits per heavy atom. The summed E-state index contributed by atoms with van der Waals surface area (Å²) in [4.78, 5) is 50.7. The first kappa shape index (κ1) is 30.2. The fraction of sp³-hybridized carbons (Fsp3) is 0.577. The number of piperidine rings is 1. The lowest BCUT2D eigenvalue weighted by Crippen LogP contribution is -2.52. The average molecular weight is 629 g/mol. The van der Waals surface area contributed by atoms with Gasteiger partial charge in [0.2, 0.25) is 5.95 Å². The van der Waals surface area contributed by atoms with E-state index >= 15 is 0 Å². The second kappa shape index (κ2) is 11.9. The molecule has 3 aliphatic heterocycles. The highest BCUT2D eigenvalue weighted by molar-refractivity contribution is 7.99. The van der Waals surface area contributed by atoms with Crippen molar-refractivity contribution in [2.75, 3.05) is 48.7 Å². The summed E-state index contributed by atoms with van der Waals surface area (Å²) in [6.45, 7) is 6.40. The van der Waals surface area contributed by atoms with Crippen molar-refractivity contribution in [2.45, 2.75) is 62.0 Å². The number of fused-ring (bicyclic) bond motifs is 2. The van der Waals surface area contributed by atoms with Crippen LogP contribution in [0.2, 0.25) is 0 Å². The van der Waals surface area contributed by atoms with Gasteiger partial charge in [0.25, 0.3) is 11.5 Å². The van der Waals surface area contributed by atoms with E-state index in [4.69, 9.17) is 16.2 Å². The van der Waals surface area contributed by atoms with Crippen molar-refractivity contribution in [1.82, 2.24) is 39.7 Å². The van der Waals surface area contributed by atoms with E-state index in [0.29, 0.717) is 35.3 Å². The van der Waals surface area contributed by atoms with Gasteiger partial charge in [-0.05, 0) is 39.8 Å². The minimum absolute atomic E-state index is 0.0266. The summed E-state index contributed by atoms with van der Waals surface area (Å²) in [6.07, 6.45) is 1.10. The molecule has 0 bridgehead atoms. The molecule has 236 valence electrons. The van der Waals surface area contributed by atoms with Crippen molar-refractivity contribution in [3.63, 3.8) is 0 Å². The van der Waals surface area contributed by atoms with Crippen LogP contribution in [0.1, 0.15) is 32.9 Å². The van der Waals surface area contributed by atoms with Gasteiger partial charge >= 0.3 is 0 Å². The number of carbonyl (C=O) groups excluding carboxylic acids is 1. The third-order valence-electron chi connectivity index (χ3n) is 8.12. The van der Waals surface area contributed by atoms with Crippen molar-refractivity contribution >= 4 is 57.8 Å². The van der Waals surface area contributed by atoms with Crippen LogP contribution in [-0.4, -0.2) is 117 Å². The van der Waals surface area contributed by atoms with Crippen LogP contribution in [0.15, 0.2) is 22.4 Å². The van der Waals surface area contributed by atoms with Crippen molar-refractivity contribution in [3.05, 3.63) is 23.0 Å². The number of imidazole rings is 1. The normalized spacial score (nSPS) is 25.4. The summed E-state index contributed by atoms with van der Waals surface area (Å²) < 4.78 is 7.65. The highest BCUT2D eigenvalue weighted by Crippen LogP contribution is 2.35. The fourth-order valence-corrected chi connectivity index (χ4v) is 6.99. The minimum Gasteiger partial charge on any atom is -0.387 e. The molecule has 3 aliphatic rings. The maximum Gasteiger partial charge on any atom is 0.280 e. The highest BCUT2D eigenvalue weighted by Gasteiger charge is 2.44. The van der Waals surface area contributed by atoms with Crippen LogP contribution in [0.25, 0.3) is 11.2 Å². The SMILES string of the molecule is CC1(C)Nc2nc(N)[nH]c(=O)c2N=C1C(=O)NCCN1CCC(SC[C@H]2O[C@@H](n3cnc4c(N)ncnc43)[C@H](O)[C@@H]2O)CC1. The van der Waals surface area contributed by atoms with Gasteiger partial charge in [-0.15, -0.1) is 0 Å². The van der Waals surface area contributed by atoms with Gasteiger partial charge in [-0.3, -0.25) is 19.1 Å². The molecule has 3 aromatic rings. The number of thioether (sulfide) groups is 1. The van der Waals surface area contributed by atoms with E-state index in [0.717, 1.165) is 25.9 Å². The Bertz CT molecular complexity index is 1640. The van der Waals surface area contributed by atoms with Gasteiger partial charge in [0.15, 0.2) is 29.2 Å². The third-order valence-corrected chi connectivity index (χ3v) is 9.58. The molecule has 1 amide bonds. The molecule has 0 aliphatic carbocycles. The van der Waals surface area contributed by atoms with Crippen molar-refractivity contribution in [2.24, 2.45) is 4.99 Å². The van der Waals surface area contributed by atoms with Gasteiger partial charge < -0.3 is 42.0 Å². The Kier molecular flexibility index (Phi) is 8.18. The summed E-state index contributed by atoms with van der Waals surface area (Å²) in [6, 6.07) is 0. The summed E-state index contributed by atoms with van der Waals surface area (Å²) in [5.74, 6) is 0.617. The first-order valence-corrected chi connectivity index (χ1v) is 15.4. The zero-order chi connectivity index (χ0) is 31.2. The lowest BCUT2D eigenvalue weighted by molar-refractivity contribution is -0.115. The van der Waals surface area contributed by atoms with Gasteiger partial charge in [-0.25, -0.2) is 19.9 Å². The molecule has 44 heavy (non-hydrogen) atoms. The number of H-pyrrole nitrogens is 1. The van der Waals surface area contributed by atoms with Crippen LogP contribution in [0.3, 0.4) is 0 Å². The molecule has 6 rings (SSSR count). The molecule has 0 saturated carbocycles. The van der Waals surface area contributed by atoms with Gasteiger partial charge in [-0.1, -0.05) is 0 Å². The zero-order valence-corrected chi connectivity index (χ0v) is 25.1.